The monoisotopic (exact) mass is 242 g/mol. The molecule has 0 N–H and O–H groups in total. The summed E-state index contributed by atoms with van der Waals surface area (Å²) in [5.41, 5.74) is 3.90. The van der Waals surface area contributed by atoms with Gasteiger partial charge in [-0.05, 0) is 24.5 Å². The molecule has 0 aliphatic heterocycles. The van der Waals surface area contributed by atoms with Crippen molar-refractivity contribution in [1.82, 2.24) is 0 Å². The molecule has 0 saturated heterocycles. The highest BCUT2D eigenvalue weighted by molar-refractivity contribution is 6.27. The van der Waals surface area contributed by atoms with E-state index in [2.05, 4.69) is 55.5 Å². The minimum atomic E-state index is -0.170. The number of alkyl halides is 1. The standard InChI is InChI=1S/C16H15Cl/c1-12-7-9-13(10-8-12)15-11-16(15,17)14-5-3-2-4-6-14/h2-10,15H,11H2,1H3/t15-,16+/m1/s1. The fourth-order valence-corrected chi connectivity index (χ4v) is 2.86. The number of aryl methyl sites for hydroxylation is 1. The van der Waals surface area contributed by atoms with Gasteiger partial charge in [0.05, 0.1) is 4.87 Å². The van der Waals surface area contributed by atoms with E-state index in [9.17, 15) is 0 Å². The van der Waals surface area contributed by atoms with Crippen LogP contribution in [0.25, 0.3) is 0 Å². The fraction of sp³-hybridized carbons (Fsp3) is 0.250. The molecule has 0 bridgehead atoms. The first-order chi connectivity index (χ1) is 8.20. The van der Waals surface area contributed by atoms with Gasteiger partial charge in [0.1, 0.15) is 0 Å². The Kier molecular flexibility index (Phi) is 2.48. The van der Waals surface area contributed by atoms with Gasteiger partial charge in [0, 0.05) is 5.92 Å². The highest BCUT2D eigenvalue weighted by Crippen LogP contribution is 2.63. The molecule has 2 aromatic rings. The molecular formula is C16H15Cl. The van der Waals surface area contributed by atoms with E-state index >= 15 is 0 Å². The Morgan fingerprint density at radius 2 is 1.65 bits per heavy atom. The van der Waals surface area contributed by atoms with E-state index in [1.165, 1.54) is 16.7 Å². The Morgan fingerprint density at radius 3 is 2.29 bits per heavy atom. The van der Waals surface area contributed by atoms with E-state index in [-0.39, 0.29) is 4.87 Å². The summed E-state index contributed by atoms with van der Waals surface area (Å²) < 4.78 is 0. The minimum Gasteiger partial charge on any atom is -0.113 e. The highest BCUT2D eigenvalue weighted by atomic mass is 35.5. The first kappa shape index (κ1) is 10.9. The van der Waals surface area contributed by atoms with Gasteiger partial charge in [-0.15, -0.1) is 11.6 Å². The van der Waals surface area contributed by atoms with Gasteiger partial charge < -0.3 is 0 Å². The summed E-state index contributed by atoms with van der Waals surface area (Å²) in [6, 6.07) is 19.1. The van der Waals surface area contributed by atoms with Gasteiger partial charge in [0.2, 0.25) is 0 Å². The molecule has 0 spiro atoms. The second-order valence-corrected chi connectivity index (χ2v) is 5.57. The van der Waals surface area contributed by atoms with Crippen LogP contribution in [0.3, 0.4) is 0 Å². The largest absolute Gasteiger partial charge is 0.113 e. The zero-order valence-electron chi connectivity index (χ0n) is 9.86. The lowest BCUT2D eigenvalue weighted by Gasteiger charge is -2.09. The van der Waals surface area contributed by atoms with Crippen molar-refractivity contribution in [3.05, 3.63) is 71.3 Å². The van der Waals surface area contributed by atoms with Crippen molar-refractivity contribution in [2.24, 2.45) is 0 Å². The predicted molar refractivity (Wildman–Crippen MR) is 72.5 cm³/mol. The van der Waals surface area contributed by atoms with Crippen molar-refractivity contribution >= 4 is 11.6 Å². The van der Waals surface area contributed by atoms with Crippen LogP contribution in [0, 0.1) is 6.92 Å². The number of rotatable bonds is 2. The van der Waals surface area contributed by atoms with Crippen LogP contribution in [0.2, 0.25) is 0 Å². The second-order valence-electron chi connectivity index (χ2n) is 4.90. The first-order valence-corrected chi connectivity index (χ1v) is 6.39. The van der Waals surface area contributed by atoms with Crippen molar-refractivity contribution in [3.63, 3.8) is 0 Å². The lowest BCUT2D eigenvalue weighted by Crippen LogP contribution is -1.99. The van der Waals surface area contributed by atoms with Crippen LogP contribution in [0.15, 0.2) is 54.6 Å². The molecule has 0 amide bonds. The molecule has 17 heavy (non-hydrogen) atoms. The van der Waals surface area contributed by atoms with E-state index in [1.54, 1.807) is 0 Å². The average molecular weight is 243 g/mol. The smallest absolute Gasteiger partial charge is 0.0770 e. The summed E-state index contributed by atoms with van der Waals surface area (Å²) in [4.78, 5) is -0.170. The quantitative estimate of drug-likeness (QED) is 0.675. The molecule has 0 radical (unpaired) electrons. The predicted octanol–water partition coefficient (Wildman–Crippen LogP) is 4.62. The minimum absolute atomic E-state index is 0.170. The third-order valence-electron chi connectivity index (χ3n) is 3.63. The summed E-state index contributed by atoms with van der Waals surface area (Å²) in [5, 5.41) is 0. The average Bonchev–Trinajstić information content (AvgIpc) is 3.05. The molecule has 3 rings (SSSR count). The molecular weight excluding hydrogens is 228 g/mol. The molecule has 1 saturated carbocycles. The van der Waals surface area contributed by atoms with Gasteiger partial charge in [-0.1, -0.05) is 60.2 Å². The molecule has 0 unspecified atom stereocenters. The maximum atomic E-state index is 6.71. The van der Waals surface area contributed by atoms with Crippen LogP contribution in [0.5, 0.6) is 0 Å². The third kappa shape index (κ3) is 1.87. The van der Waals surface area contributed by atoms with Gasteiger partial charge in [0.15, 0.2) is 0 Å². The fourth-order valence-electron chi connectivity index (χ4n) is 2.45. The molecule has 1 fully saturated rings. The summed E-state index contributed by atoms with van der Waals surface area (Å²) in [6.45, 7) is 2.11. The molecule has 0 aromatic heterocycles. The highest BCUT2D eigenvalue weighted by Gasteiger charge is 2.54. The van der Waals surface area contributed by atoms with Gasteiger partial charge in [-0.25, -0.2) is 0 Å². The van der Waals surface area contributed by atoms with Crippen LogP contribution in [-0.2, 0) is 4.87 Å². The maximum absolute atomic E-state index is 6.71. The lowest BCUT2D eigenvalue weighted by molar-refractivity contribution is 0.941. The Hall–Kier alpha value is -1.27. The van der Waals surface area contributed by atoms with E-state index in [0.29, 0.717) is 5.92 Å². The van der Waals surface area contributed by atoms with Crippen LogP contribution < -0.4 is 0 Å². The Balaban J connectivity index is 1.88. The lowest BCUT2D eigenvalue weighted by atomic mass is 10.0. The van der Waals surface area contributed by atoms with Crippen LogP contribution in [-0.4, -0.2) is 0 Å². The van der Waals surface area contributed by atoms with Crippen LogP contribution >= 0.6 is 11.6 Å². The number of benzene rings is 2. The van der Waals surface area contributed by atoms with Gasteiger partial charge in [-0.3, -0.25) is 0 Å². The van der Waals surface area contributed by atoms with Crippen LogP contribution in [0.4, 0.5) is 0 Å². The zero-order chi connectivity index (χ0) is 11.9. The molecule has 0 heterocycles. The Labute approximate surface area is 107 Å². The second kappa shape index (κ2) is 3.89. The van der Waals surface area contributed by atoms with E-state index in [0.717, 1.165) is 6.42 Å². The molecule has 86 valence electrons. The van der Waals surface area contributed by atoms with Gasteiger partial charge >= 0.3 is 0 Å². The van der Waals surface area contributed by atoms with Crippen molar-refractivity contribution in [2.45, 2.75) is 24.1 Å². The SMILES string of the molecule is Cc1ccc([C@H]2C[C@]2(Cl)c2ccccc2)cc1. The number of hydrogen-bond acceptors (Lipinski definition) is 0. The number of halogens is 1. The summed E-state index contributed by atoms with van der Waals surface area (Å²) in [7, 11) is 0. The van der Waals surface area contributed by atoms with Gasteiger partial charge in [-0.2, -0.15) is 0 Å². The molecule has 2 atom stereocenters. The molecule has 1 aliphatic rings. The van der Waals surface area contributed by atoms with Gasteiger partial charge in [0.25, 0.3) is 0 Å². The molecule has 0 nitrogen and oxygen atoms in total. The van der Waals surface area contributed by atoms with Crippen molar-refractivity contribution in [1.29, 1.82) is 0 Å². The normalized spacial score (nSPS) is 26.8. The van der Waals surface area contributed by atoms with Crippen molar-refractivity contribution in [3.8, 4) is 0 Å². The first-order valence-electron chi connectivity index (χ1n) is 6.01. The van der Waals surface area contributed by atoms with Crippen molar-refractivity contribution < 1.29 is 0 Å². The summed E-state index contributed by atoms with van der Waals surface area (Å²) >= 11 is 6.71. The molecule has 1 aliphatic carbocycles. The van der Waals surface area contributed by atoms with E-state index in [4.69, 9.17) is 11.6 Å². The Bertz CT molecular complexity index is 515. The zero-order valence-corrected chi connectivity index (χ0v) is 10.6. The molecule has 2 aromatic carbocycles. The van der Waals surface area contributed by atoms with Crippen molar-refractivity contribution in [2.75, 3.05) is 0 Å². The third-order valence-corrected chi connectivity index (χ3v) is 4.26. The summed E-state index contributed by atoms with van der Waals surface area (Å²) in [5.74, 6) is 0.465. The number of hydrogen-bond donors (Lipinski definition) is 0. The van der Waals surface area contributed by atoms with E-state index in [1.807, 2.05) is 6.07 Å². The Morgan fingerprint density at radius 1 is 1.00 bits per heavy atom. The topological polar surface area (TPSA) is 0 Å². The van der Waals surface area contributed by atoms with E-state index < -0.39 is 0 Å². The maximum Gasteiger partial charge on any atom is 0.0770 e. The summed E-state index contributed by atoms with van der Waals surface area (Å²) in [6.07, 6.45) is 1.04. The molecule has 1 heteroatoms. The van der Waals surface area contributed by atoms with Crippen LogP contribution in [0.1, 0.15) is 29.0 Å².